The van der Waals surface area contributed by atoms with Crippen LogP contribution in [0.3, 0.4) is 0 Å². The quantitative estimate of drug-likeness (QED) is 0.594. The third kappa shape index (κ3) is 3.83. The minimum absolute atomic E-state index is 0.0552. The number of carbonyl (C=O) groups is 1. The van der Waals surface area contributed by atoms with E-state index in [0.29, 0.717) is 23.4 Å². The number of primary amides is 1. The van der Waals surface area contributed by atoms with Gasteiger partial charge in [0.15, 0.2) is 0 Å². The molecule has 0 unspecified atom stereocenters. The van der Waals surface area contributed by atoms with E-state index in [1.807, 2.05) is 31.3 Å². The molecule has 0 radical (unpaired) electrons. The molecule has 0 fully saturated rings. The predicted octanol–water partition coefficient (Wildman–Crippen LogP) is 2.42. The average Bonchev–Trinajstić information content (AvgIpc) is 2.67. The number of aryl methyl sites for hydroxylation is 1. The summed E-state index contributed by atoms with van der Waals surface area (Å²) in [6.07, 6.45) is 1.44. The molecule has 4 N–H and O–H groups in total. The number of likely N-dealkylation sites (N-methyl/N-ethyl adjacent to an activating group) is 1. The second-order valence-electron chi connectivity index (χ2n) is 6.27. The first-order valence-electron chi connectivity index (χ1n) is 8.64. The number of nitrogens with zero attached hydrogens (tertiary/aromatic N) is 2. The smallest absolute Gasteiger partial charge is 0.250 e. The molecule has 27 heavy (non-hydrogen) atoms. The summed E-state index contributed by atoms with van der Waals surface area (Å²) >= 11 is 0. The van der Waals surface area contributed by atoms with E-state index in [9.17, 15) is 4.79 Å². The molecule has 0 aliphatic carbocycles. The zero-order valence-electron chi connectivity index (χ0n) is 15.6. The number of para-hydroxylation sites is 1. The number of benzene rings is 2. The topological polar surface area (TPSA) is 102 Å². The summed E-state index contributed by atoms with van der Waals surface area (Å²) in [5.74, 6) is 0.924. The fourth-order valence-corrected chi connectivity index (χ4v) is 3.13. The molecule has 3 aromatic rings. The predicted molar refractivity (Wildman–Crippen MR) is 106 cm³/mol. The van der Waals surface area contributed by atoms with Gasteiger partial charge in [0.1, 0.15) is 17.9 Å². The van der Waals surface area contributed by atoms with Gasteiger partial charge in [0, 0.05) is 11.9 Å². The van der Waals surface area contributed by atoms with Crippen LogP contribution in [0, 0.1) is 6.92 Å². The van der Waals surface area contributed by atoms with Gasteiger partial charge in [-0.05, 0) is 49.4 Å². The van der Waals surface area contributed by atoms with Gasteiger partial charge in [-0.3, -0.25) is 4.79 Å². The lowest BCUT2D eigenvalue weighted by Crippen LogP contribution is -2.25. The highest BCUT2D eigenvalue weighted by molar-refractivity contribution is 6.06. The molecule has 7 nitrogen and oxygen atoms in total. The van der Waals surface area contributed by atoms with Gasteiger partial charge in [-0.1, -0.05) is 12.1 Å². The van der Waals surface area contributed by atoms with Crippen LogP contribution in [0.25, 0.3) is 10.9 Å². The molecule has 1 heterocycles. The summed E-state index contributed by atoms with van der Waals surface area (Å²) in [4.78, 5) is 20.3. The van der Waals surface area contributed by atoms with Crippen molar-refractivity contribution in [2.75, 3.05) is 26.0 Å². The van der Waals surface area contributed by atoms with Gasteiger partial charge in [-0.15, -0.1) is 0 Å². The van der Waals surface area contributed by atoms with Crippen molar-refractivity contribution >= 4 is 22.6 Å². The maximum absolute atomic E-state index is 11.7. The normalized spacial score (nSPS) is 12.0. The number of nitrogens with two attached hydrogens (primary N) is 1. The van der Waals surface area contributed by atoms with Gasteiger partial charge < -0.3 is 21.1 Å². The van der Waals surface area contributed by atoms with Crippen molar-refractivity contribution in [3.8, 4) is 5.75 Å². The minimum Gasteiger partial charge on any atom is -0.497 e. The molecule has 0 aliphatic heterocycles. The van der Waals surface area contributed by atoms with Gasteiger partial charge in [0.2, 0.25) is 0 Å². The van der Waals surface area contributed by atoms with Crippen molar-refractivity contribution in [2.45, 2.75) is 13.0 Å². The van der Waals surface area contributed by atoms with E-state index in [1.54, 1.807) is 19.2 Å². The monoisotopic (exact) mass is 365 g/mol. The van der Waals surface area contributed by atoms with Crippen molar-refractivity contribution in [3.63, 3.8) is 0 Å². The van der Waals surface area contributed by atoms with E-state index in [-0.39, 0.29) is 6.04 Å². The van der Waals surface area contributed by atoms with Gasteiger partial charge in [0.05, 0.1) is 24.2 Å². The second kappa shape index (κ2) is 8.01. The molecule has 7 heteroatoms. The van der Waals surface area contributed by atoms with Gasteiger partial charge >= 0.3 is 0 Å². The van der Waals surface area contributed by atoms with Crippen LogP contribution in [0.5, 0.6) is 5.75 Å². The molecular formula is C20H23N5O2. The Kier molecular flexibility index (Phi) is 5.52. The molecule has 0 saturated carbocycles. The van der Waals surface area contributed by atoms with Gasteiger partial charge in [0.25, 0.3) is 5.91 Å². The van der Waals surface area contributed by atoms with Crippen LogP contribution >= 0.6 is 0 Å². The second-order valence-corrected chi connectivity index (χ2v) is 6.27. The van der Waals surface area contributed by atoms with Gasteiger partial charge in [-0.25, -0.2) is 9.97 Å². The third-order valence-electron chi connectivity index (χ3n) is 4.51. The number of fused-ring (bicyclic) bond motifs is 1. The lowest BCUT2D eigenvalue weighted by molar-refractivity contribution is 0.100. The fraction of sp³-hybridized carbons (Fsp3) is 0.250. The number of carbonyl (C=O) groups excluding carboxylic acids is 1. The van der Waals surface area contributed by atoms with E-state index in [1.165, 1.54) is 6.33 Å². The highest BCUT2D eigenvalue weighted by Crippen LogP contribution is 2.29. The molecule has 3 rings (SSSR count). The Bertz CT molecular complexity index is 974. The van der Waals surface area contributed by atoms with Crippen molar-refractivity contribution in [1.29, 1.82) is 0 Å². The first-order chi connectivity index (χ1) is 13.0. The van der Waals surface area contributed by atoms with Gasteiger partial charge in [-0.2, -0.15) is 0 Å². The Balaban J connectivity index is 2.06. The van der Waals surface area contributed by atoms with E-state index in [0.717, 1.165) is 22.3 Å². The van der Waals surface area contributed by atoms with Crippen LogP contribution in [0.4, 0.5) is 5.82 Å². The molecule has 1 atom stereocenters. The summed E-state index contributed by atoms with van der Waals surface area (Å²) in [5.41, 5.74) is 8.63. The summed E-state index contributed by atoms with van der Waals surface area (Å²) in [5, 5.41) is 7.43. The van der Waals surface area contributed by atoms with Crippen molar-refractivity contribution in [2.24, 2.45) is 5.73 Å². The Morgan fingerprint density at radius 3 is 2.78 bits per heavy atom. The van der Waals surface area contributed by atoms with Crippen molar-refractivity contribution in [1.82, 2.24) is 15.3 Å². The van der Waals surface area contributed by atoms with Crippen LogP contribution in [0.2, 0.25) is 0 Å². The molecule has 2 aromatic carbocycles. The number of anilines is 1. The summed E-state index contributed by atoms with van der Waals surface area (Å²) in [6.45, 7) is 2.73. The average molecular weight is 365 g/mol. The van der Waals surface area contributed by atoms with Crippen LogP contribution in [-0.4, -0.2) is 36.6 Å². The maximum Gasteiger partial charge on any atom is 0.250 e. The molecule has 1 amide bonds. The Hall–Kier alpha value is -3.19. The Morgan fingerprint density at radius 2 is 2.07 bits per heavy atom. The fourth-order valence-electron chi connectivity index (χ4n) is 3.13. The van der Waals surface area contributed by atoms with Crippen LogP contribution in [0.15, 0.2) is 42.7 Å². The SMILES string of the molecule is CNC[C@@H](Nc1ncnc2c(C(N)=O)cccc12)c1cc(OC)ccc1C. The highest BCUT2D eigenvalue weighted by Gasteiger charge is 2.17. The van der Waals surface area contributed by atoms with Crippen LogP contribution < -0.4 is 21.1 Å². The van der Waals surface area contributed by atoms with E-state index in [2.05, 4.69) is 27.5 Å². The Morgan fingerprint density at radius 1 is 1.26 bits per heavy atom. The number of hydrogen-bond acceptors (Lipinski definition) is 6. The summed E-state index contributed by atoms with van der Waals surface area (Å²) in [6, 6.07) is 11.2. The molecular weight excluding hydrogens is 342 g/mol. The number of amides is 1. The lowest BCUT2D eigenvalue weighted by atomic mass is 10.00. The first kappa shape index (κ1) is 18.6. The standard InChI is InChI=1S/C20H23N5O2/c1-12-7-8-13(27-3)9-16(12)17(10-22-2)25-20-15-6-4-5-14(19(21)26)18(15)23-11-24-20/h4-9,11,17,22H,10H2,1-3H3,(H2,21,26)(H,23,24,25)/t17-/m1/s1. The number of methoxy groups -OCH3 is 1. The number of nitrogens with one attached hydrogen (secondary N) is 2. The number of ether oxygens (including phenoxy) is 1. The zero-order chi connectivity index (χ0) is 19.4. The number of hydrogen-bond donors (Lipinski definition) is 3. The molecule has 0 aliphatic rings. The van der Waals surface area contributed by atoms with E-state index >= 15 is 0 Å². The first-order valence-corrected chi connectivity index (χ1v) is 8.64. The van der Waals surface area contributed by atoms with Crippen molar-refractivity contribution in [3.05, 3.63) is 59.4 Å². The molecule has 140 valence electrons. The number of rotatable bonds is 7. The van der Waals surface area contributed by atoms with Crippen molar-refractivity contribution < 1.29 is 9.53 Å². The number of aromatic nitrogens is 2. The molecule has 1 aromatic heterocycles. The lowest BCUT2D eigenvalue weighted by Gasteiger charge is -2.22. The van der Waals surface area contributed by atoms with E-state index in [4.69, 9.17) is 10.5 Å². The van der Waals surface area contributed by atoms with Crippen LogP contribution in [0.1, 0.15) is 27.5 Å². The summed E-state index contributed by atoms with van der Waals surface area (Å²) in [7, 11) is 3.55. The highest BCUT2D eigenvalue weighted by atomic mass is 16.5. The summed E-state index contributed by atoms with van der Waals surface area (Å²) < 4.78 is 5.38. The minimum atomic E-state index is -0.513. The maximum atomic E-state index is 11.7. The largest absolute Gasteiger partial charge is 0.497 e. The molecule has 0 saturated heterocycles. The zero-order valence-corrected chi connectivity index (χ0v) is 15.6. The van der Waals surface area contributed by atoms with Crippen LogP contribution in [-0.2, 0) is 0 Å². The molecule has 0 bridgehead atoms. The Labute approximate surface area is 158 Å². The van der Waals surface area contributed by atoms with E-state index < -0.39 is 5.91 Å². The molecule has 0 spiro atoms. The third-order valence-corrected chi connectivity index (χ3v) is 4.51.